The maximum atomic E-state index is 11.7. The summed E-state index contributed by atoms with van der Waals surface area (Å²) in [5.74, 6) is -0.465. The first kappa shape index (κ1) is 13.0. The lowest BCUT2D eigenvalue weighted by atomic mass is 9.92. The SMILES string of the molecule is CC(=O)NC(C)C(=O)N[C@@H]1CCCC[C@H]1O. The van der Waals surface area contributed by atoms with E-state index in [1.165, 1.54) is 6.92 Å². The first-order valence-corrected chi connectivity index (χ1v) is 5.76. The van der Waals surface area contributed by atoms with Crippen LogP contribution >= 0.6 is 0 Å². The van der Waals surface area contributed by atoms with E-state index in [0.717, 1.165) is 25.7 Å². The molecule has 1 saturated carbocycles. The molecule has 1 fully saturated rings. The van der Waals surface area contributed by atoms with Gasteiger partial charge in [-0.3, -0.25) is 9.59 Å². The van der Waals surface area contributed by atoms with Crippen molar-refractivity contribution in [3.05, 3.63) is 0 Å². The molecule has 1 aliphatic carbocycles. The zero-order chi connectivity index (χ0) is 12.1. The number of aliphatic hydroxyl groups excluding tert-OH is 1. The number of aliphatic hydroxyl groups is 1. The number of nitrogens with one attached hydrogen (secondary N) is 2. The summed E-state index contributed by atoms with van der Waals surface area (Å²) in [5.41, 5.74) is 0. The Hall–Kier alpha value is -1.10. The number of hydrogen-bond acceptors (Lipinski definition) is 3. The Kier molecular flexibility index (Phi) is 4.73. The fourth-order valence-corrected chi connectivity index (χ4v) is 1.96. The minimum Gasteiger partial charge on any atom is -0.391 e. The van der Waals surface area contributed by atoms with Crippen LogP contribution in [-0.2, 0) is 9.59 Å². The summed E-state index contributed by atoms with van der Waals surface area (Å²) in [4.78, 5) is 22.4. The Morgan fingerprint density at radius 3 is 2.50 bits per heavy atom. The second kappa shape index (κ2) is 5.84. The van der Waals surface area contributed by atoms with Crippen molar-refractivity contribution in [3.8, 4) is 0 Å². The van der Waals surface area contributed by atoms with Crippen LogP contribution in [0.4, 0.5) is 0 Å². The normalized spacial score (nSPS) is 26.9. The predicted molar refractivity (Wildman–Crippen MR) is 59.7 cm³/mol. The smallest absolute Gasteiger partial charge is 0.242 e. The highest BCUT2D eigenvalue weighted by molar-refractivity contribution is 5.86. The van der Waals surface area contributed by atoms with Crippen molar-refractivity contribution in [2.45, 2.75) is 57.7 Å². The zero-order valence-electron chi connectivity index (χ0n) is 9.82. The highest BCUT2D eigenvalue weighted by Crippen LogP contribution is 2.18. The maximum Gasteiger partial charge on any atom is 0.242 e. The molecular weight excluding hydrogens is 208 g/mol. The van der Waals surface area contributed by atoms with Crippen LogP contribution in [0.1, 0.15) is 39.5 Å². The van der Waals surface area contributed by atoms with E-state index in [0.29, 0.717) is 0 Å². The fraction of sp³-hybridized carbons (Fsp3) is 0.818. The monoisotopic (exact) mass is 228 g/mol. The molecule has 1 aliphatic rings. The highest BCUT2D eigenvalue weighted by Gasteiger charge is 2.26. The third-order valence-electron chi connectivity index (χ3n) is 2.87. The summed E-state index contributed by atoms with van der Waals surface area (Å²) in [7, 11) is 0. The fourth-order valence-electron chi connectivity index (χ4n) is 1.96. The van der Waals surface area contributed by atoms with Gasteiger partial charge < -0.3 is 15.7 Å². The van der Waals surface area contributed by atoms with Gasteiger partial charge in [0.15, 0.2) is 0 Å². The molecule has 0 saturated heterocycles. The van der Waals surface area contributed by atoms with Gasteiger partial charge in [0, 0.05) is 6.92 Å². The largest absolute Gasteiger partial charge is 0.391 e. The number of carbonyl (C=O) groups is 2. The van der Waals surface area contributed by atoms with E-state index in [9.17, 15) is 14.7 Å². The molecule has 5 heteroatoms. The quantitative estimate of drug-likeness (QED) is 0.632. The second-order valence-corrected chi connectivity index (χ2v) is 4.39. The Morgan fingerprint density at radius 2 is 1.94 bits per heavy atom. The van der Waals surface area contributed by atoms with E-state index in [1.807, 2.05) is 0 Å². The van der Waals surface area contributed by atoms with Gasteiger partial charge in [-0.15, -0.1) is 0 Å². The Bertz CT molecular complexity index is 268. The van der Waals surface area contributed by atoms with Crippen LogP contribution in [0.3, 0.4) is 0 Å². The summed E-state index contributed by atoms with van der Waals surface area (Å²) >= 11 is 0. The molecule has 3 atom stereocenters. The van der Waals surface area contributed by atoms with Crippen molar-refractivity contribution in [3.63, 3.8) is 0 Å². The van der Waals surface area contributed by atoms with Crippen molar-refractivity contribution in [2.75, 3.05) is 0 Å². The number of rotatable bonds is 3. The molecule has 0 heterocycles. The first-order chi connectivity index (χ1) is 7.50. The molecule has 0 spiro atoms. The molecule has 0 aromatic rings. The van der Waals surface area contributed by atoms with E-state index in [4.69, 9.17) is 0 Å². The van der Waals surface area contributed by atoms with Crippen LogP contribution in [-0.4, -0.2) is 35.1 Å². The Morgan fingerprint density at radius 1 is 1.31 bits per heavy atom. The first-order valence-electron chi connectivity index (χ1n) is 5.76. The molecule has 0 aliphatic heterocycles. The molecule has 1 unspecified atom stereocenters. The summed E-state index contributed by atoms with van der Waals surface area (Å²) < 4.78 is 0. The molecule has 0 bridgehead atoms. The number of carbonyl (C=O) groups excluding carboxylic acids is 2. The van der Waals surface area contributed by atoms with Crippen molar-refractivity contribution >= 4 is 11.8 Å². The van der Waals surface area contributed by atoms with Gasteiger partial charge in [-0.05, 0) is 19.8 Å². The second-order valence-electron chi connectivity index (χ2n) is 4.39. The van der Waals surface area contributed by atoms with Crippen LogP contribution in [0.2, 0.25) is 0 Å². The van der Waals surface area contributed by atoms with Gasteiger partial charge in [0.05, 0.1) is 12.1 Å². The van der Waals surface area contributed by atoms with E-state index in [1.54, 1.807) is 6.92 Å². The highest BCUT2D eigenvalue weighted by atomic mass is 16.3. The number of amides is 2. The predicted octanol–water partition coefficient (Wildman–Crippen LogP) is -0.0693. The minimum atomic E-state index is -0.549. The molecule has 0 aromatic heterocycles. The van der Waals surface area contributed by atoms with Crippen LogP contribution in [0, 0.1) is 0 Å². The van der Waals surface area contributed by atoms with Gasteiger partial charge in [0.25, 0.3) is 0 Å². The third-order valence-corrected chi connectivity index (χ3v) is 2.87. The summed E-state index contributed by atoms with van der Waals surface area (Å²) in [6, 6.07) is -0.718. The molecule has 2 amide bonds. The molecule has 92 valence electrons. The lowest BCUT2D eigenvalue weighted by Gasteiger charge is -2.29. The van der Waals surface area contributed by atoms with Gasteiger partial charge in [0.2, 0.25) is 11.8 Å². The molecule has 0 radical (unpaired) electrons. The van der Waals surface area contributed by atoms with Crippen molar-refractivity contribution < 1.29 is 14.7 Å². The number of hydrogen-bond donors (Lipinski definition) is 3. The zero-order valence-corrected chi connectivity index (χ0v) is 9.82. The van der Waals surface area contributed by atoms with Gasteiger partial charge in [-0.25, -0.2) is 0 Å². The van der Waals surface area contributed by atoms with Crippen LogP contribution in [0.15, 0.2) is 0 Å². The van der Waals surface area contributed by atoms with Crippen molar-refractivity contribution in [1.29, 1.82) is 0 Å². The van der Waals surface area contributed by atoms with Gasteiger partial charge >= 0.3 is 0 Å². The molecule has 5 nitrogen and oxygen atoms in total. The maximum absolute atomic E-state index is 11.7. The van der Waals surface area contributed by atoms with Crippen molar-refractivity contribution in [2.24, 2.45) is 0 Å². The topological polar surface area (TPSA) is 78.4 Å². The van der Waals surface area contributed by atoms with E-state index >= 15 is 0 Å². The molecule has 16 heavy (non-hydrogen) atoms. The molecule has 3 N–H and O–H groups in total. The molecule has 1 rings (SSSR count). The Balaban J connectivity index is 2.40. The van der Waals surface area contributed by atoms with Crippen LogP contribution < -0.4 is 10.6 Å². The average Bonchev–Trinajstić information content (AvgIpc) is 2.20. The third kappa shape index (κ3) is 3.81. The van der Waals surface area contributed by atoms with Gasteiger partial charge in [-0.2, -0.15) is 0 Å². The van der Waals surface area contributed by atoms with Gasteiger partial charge in [0.1, 0.15) is 6.04 Å². The standard InChI is InChI=1S/C11H20N2O3/c1-7(12-8(2)14)11(16)13-9-5-3-4-6-10(9)15/h7,9-10,15H,3-6H2,1-2H3,(H,12,14)(H,13,16)/t7?,9-,10-/m1/s1. The van der Waals surface area contributed by atoms with Gasteiger partial charge in [-0.1, -0.05) is 12.8 Å². The minimum absolute atomic E-state index is 0.169. The summed E-state index contributed by atoms with van der Waals surface area (Å²) in [5, 5.41) is 15.0. The van der Waals surface area contributed by atoms with E-state index in [2.05, 4.69) is 10.6 Å². The van der Waals surface area contributed by atoms with Crippen LogP contribution in [0.5, 0.6) is 0 Å². The lowest BCUT2D eigenvalue weighted by molar-refractivity contribution is -0.128. The Labute approximate surface area is 95.6 Å². The van der Waals surface area contributed by atoms with Crippen LogP contribution in [0.25, 0.3) is 0 Å². The lowest BCUT2D eigenvalue weighted by Crippen LogP contribution is -2.51. The molecular formula is C11H20N2O3. The summed E-state index contributed by atoms with van der Waals surface area (Å²) in [6.07, 6.45) is 3.12. The van der Waals surface area contributed by atoms with E-state index in [-0.39, 0.29) is 17.9 Å². The van der Waals surface area contributed by atoms with Crippen molar-refractivity contribution in [1.82, 2.24) is 10.6 Å². The van der Waals surface area contributed by atoms with E-state index < -0.39 is 12.1 Å². The molecule has 0 aromatic carbocycles. The summed E-state index contributed by atoms with van der Waals surface area (Å²) in [6.45, 7) is 3.01. The average molecular weight is 228 g/mol.